The molecule has 0 rings (SSSR count). The molecule has 0 aromatic heterocycles. The molecular weight excluding hydrogens is 234 g/mol. The summed E-state index contributed by atoms with van der Waals surface area (Å²) in [6.45, 7) is 10.9. The van der Waals surface area contributed by atoms with Gasteiger partial charge in [-0.25, -0.2) is 9.59 Å². The van der Waals surface area contributed by atoms with Crippen LogP contribution in [-0.2, 0) is 14.3 Å². The van der Waals surface area contributed by atoms with E-state index in [1.54, 1.807) is 33.8 Å². The van der Waals surface area contributed by atoms with Crippen LogP contribution < -0.4 is 5.32 Å². The molecule has 1 amide bonds. The van der Waals surface area contributed by atoms with Crippen molar-refractivity contribution in [3.8, 4) is 0 Å². The summed E-state index contributed by atoms with van der Waals surface area (Å²) in [5.74, 6) is -0.454. The molecule has 104 valence electrons. The van der Waals surface area contributed by atoms with Crippen LogP contribution in [0.15, 0.2) is 12.7 Å². The fourth-order valence-corrected chi connectivity index (χ4v) is 1.23. The molecule has 18 heavy (non-hydrogen) atoms. The number of hydrogen-bond donors (Lipinski definition) is 1. The Balaban J connectivity index is 4.43. The summed E-state index contributed by atoms with van der Waals surface area (Å²) in [5, 5.41) is 2.51. The predicted molar refractivity (Wildman–Crippen MR) is 69.2 cm³/mol. The molecule has 0 saturated heterocycles. The minimum absolute atomic E-state index is 0.277. The number of carbonyl (C=O) groups is 2. The van der Waals surface area contributed by atoms with Crippen molar-refractivity contribution >= 4 is 12.1 Å². The Hall–Kier alpha value is -1.52. The Bertz CT molecular complexity index is 294. The molecule has 0 heterocycles. The SMILES string of the molecule is C=CCCC(NC(=O)OC(C)(C)C)C(=O)OCC. The second kappa shape index (κ2) is 7.74. The Labute approximate surface area is 109 Å². The molecule has 0 aliphatic carbocycles. The number of ether oxygens (including phenoxy) is 2. The molecule has 0 aliphatic heterocycles. The highest BCUT2D eigenvalue weighted by Crippen LogP contribution is 2.08. The third-order valence-electron chi connectivity index (χ3n) is 1.92. The van der Waals surface area contributed by atoms with Crippen molar-refractivity contribution < 1.29 is 19.1 Å². The van der Waals surface area contributed by atoms with E-state index >= 15 is 0 Å². The fraction of sp³-hybridized carbons (Fsp3) is 0.692. The Morgan fingerprint density at radius 3 is 2.44 bits per heavy atom. The number of alkyl carbamates (subject to hydrolysis) is 1. The van der Waals surface area contributed by atoms with E-state index in [0.717, 1.165) is 0 Å². The van der Waals surface area contributed by atoms with Crippen LogP contribution in [0.25, 0.3) is 0 Å². The predicted octanol–water partition coefficient (Wildman–Crippen LogP) is 2.41. The van der Waals surface area contributed by atoms with Gasteiger partial charge in [-0.15, -0.1) is 6.58 Å². The number of nitrogens with one attached hydrogen (secondary N) is 1. The van der Waals surface area contributed by atoms with Gasteiger partial charge >= 0.3 is 12.1 Å². The molecule has 5 heteroatoms. The first-order valence-corrected chi connectivity index (χ1v) is 6.07. The summed E-state index contributed by atoms with van der Waals surface area (Å²) in [5.41, 5.74) is -0.596. The van der Waals surface area contributed by atoms with Crippen molar-refractivity contribution in [2.24, 2.45) is 0 Å². The van der Waals surface area contributed by atoms with Crippen LogP contribution in [0.3, 0.4) is 0 Å². The van der Waals surface area contributed by atoms with Crippen LogP contribution in [0, 0.1) is 0 Å². The van der Waals surface area contributed by atoms with Gasteiger partial charge in [0.1, 0.15) is 11.6 Å². The summed E-state index contributed by atoms with van der Waals surface area (Å²) in [7, 11) is 0. The van der Waals surface area contributed by atoms with Gasteiger partial charge in [-0.2, -0.15) is 0 Å². The number of rotatable bonds is 6. The Morgan fingerprint density at radius 1 is 1.39 bits per heavy atom. The second-order valence-corrected chi connectivity index (χ2v) is 4.82. The maximum Gasteiger partial charge on any atom is 0.408 e. The number of carbonyl (C=O) groups excluding carboxylic acids is 2. The average Bonchev–Trinajstić information content (AvgIpc) is 2.21. The lowest BCUT2D eigenvalue weighted by Crippen LogP contribution is -2.44. The number of allylic oxidation sites excluding steroid dienone is 1. The second-order valence-electron chi connectivity index (χ2n) is 4.82. The van der Waals surface area contributed by atoms with Gasteiger partial charge in [-0.05, 0) is 40.5 Å². The van der Waals surface area contributed by atoms with Gasteiger partial charge in [-0.3, -0.25) is 0 Å². The highest BCUT2D eigenvalue weighted by atomic mass is 16.6. The number of amides is 1. The summed E-state index contributed by atoms with van der Waals surface area (Å²) in [6.07, 6.45) is 2.12. The van der Waals surface area contributed by atoms with Crippen molar-refractivity contribution in [1.29, 1.82) is 0 Å². The molecular formula is C13H23NO4. The average molecular weight is 257 g/mol. The third kappa shape index (κ3) is 7.70. The maximum atomic E-state index is 11.6. The molecule has 5 nitrogen and oxygen atoms in total. The highest BCUT2D eigenvalue weighted by Gasteiger charge is 2.24. The monoisotopic (exact) mass is 257 g/mol. The fourth-order valence-electron chi connectivity index (χ4n) is 1.23. The van der Waals surface area contributed by atoms with Gasteiger partial charge in [0.05, 0.1) is 6.61 Å². The van der Waals surface area contributed by atoms with Crippen LogP contribution >= 0.6 is 0 Å². The smallest absolute Gasteiger partial charge is 0.408 e. The maximum absolute atomic E-state index is 11.6. The molecule has 0 aromatic carbocycles. The summed E-state index contributed by atoms with van der Waals surface area (Å²) >= 11 is 0. The minimum Gasteiger partial charge on any atom is -0.464 e. The van der Waals surface area contributed by atoms with Crippen molar-refractivity contribution in [3.63, 3.8) is 0 Å². The lowest BCUT2D eigenvalue weighted by atomic mass is 10.1. The molecule has 0 saturated carbocycles. The highest BCUT2D eigenvalue weighted by molar-refractivity contribution is 5.81. The lowest BCUT2D eigenvalue weighted by molar-refractivity contribution is -0.145. The van der Waals surface area contributed by atoms with E-state index in [9.17, 15) is 9.59 Å². The van der Waals surface area contributed by atoms with E-state index in [0.29, 0.717) is 12.8 Å². The first-order valence-electron chi connectivity index (χ1n) is 6.07. The summed E-state index contributed by atoms with van der Waals surface area (Å²) in [6, 6.07) is -0.696. The zero-order chi connectivity index (χ0) is 14.2. The van der Waals surface area contributed by atoms with Gasteiger partial charge in [-0.1, -0.05) is 6.08 Å². The van der Waals surface area contributed by atoms with Gasteiger partial charge < -0.3 is 14.8 Å². The molecule has 0 spiro atoms. The van der Waals surface area contributed by atoms with Crippen molar-refractivity contribution in [3.05, 3.63) is 12.7 Å². The van der Waals surface area contributed by atoms with Crippen LogP contribution in [0.2, 0.25) is 0 Å². The normalized spacial score (nSPS) is 12.4. The van der Waals surface area contributed by atoms with E-state index < -0.39 is 23.7 Å². The molecule has 0 aliphatic rings. The van der Waals surface area contributed by atoms with Crippen LogP contribution in [0.4, 0.5) is 4.79 Å². The van der Waals surface area contributed by atoms with E-state index in [1.165, 1.54) is 0 Å². The Kier molecular flexibility index (Phi) is 7.08. The first kappa shape index (κ1) is 16.5. The Morgan fingerprint density at radius 2 is 2.00 bits per heavy atom. The van der Waals surface area contributed by atoms with E-state index in [4.69, 9.17) is 9.47 Å². The van der Waals surface area contributed by atoms with Gasteiger partial charge in [0, 0.05) is 0 Å². The van der Waals surface area contributed by atoms with Gasteiger partial charge in [0.15, 0.2) is 0 Å². The molecule has 1 atom stereocenters. The van der Waals surface area contributed by atoms with Crippen LogP contribution in [-0.4, -0.2) is 30.3 Å². The van der Waals surface area contributed by atoms with Crippen molar-refractivity contribution in [2.45, 2.75) is 52.2 Å². The quantitative estimate of drug-likeness (QED) is 0.586. The zero-order valence-corrected chi connectivity index (χ0v) is 11.6. The van der Waals surface area contributed by atoms with E-state index in [1.807, 2.05) is 0 Å². The van der Waals surface area contributed by atoms with E-state index in [-0.39, 0.29) is 6.61 Å². The lowest BCUT2D eigenvalue weighted by Gasteiger charge is -2.22. The van der Waals surface area contributed by atoms with Crippen LogP contribution in [0.1, 0.15) is 40.5 Å². The van der Waals surface area contributed by atoms with Crippen LogP contribution in [0.5, 0.6) is 0 Å². The van der Waals surface area contributed by atoms with Crippen molar-refractivity contribution in [2.75, 3.05) is 6.61 Å². The van der Waals surface area contributed by atoms with Gasteiger partial charge in [0.2, 0.25) is 0 Å². The summed E-state index contributed by atoms with van der Waals surface area (Å²) in [4.78, 5) is 23.2. The zero-order valence-electron chi connectivity index (χ0n) is 11.6. The largest absolute Gasteiger partial charge is 0.464 e. The van der Waals surface area contributed by atoms with Gasteiger partial charge in [0.25, 0.3) is 0 Å². The number of hydrogen-bond acceptors (Lipinski definition) is 4. The first-order chi connectivity index (χ1) is 8.30. The molecule has 0 aromatic rings. The molecule has 0 fully saturated rings. The van der Waals surface area contributed by atoms with E-state index in [2.05, 4.69) is 11.9 Å². The minimum atomic E-state index is -0.696. The van der Waals surface area contributed by atoms with Crippen molar-refractivity contribution in [1.82, 2.24) is 5.32 Å². The molecule has 0 radical (unpaired) electrons. The third-order valence-corrected chi connectivity index (χ3v) is 1.92. The number of esters is 1. The molecule has 1 unspecified atom stereocenters. The standard InChI is InChI=1S/C13H23NO4/c1-6-8-9-10(11(15)17-7-2)14-12(16)18-13(3,4)5/h6,10H,1,7-9H2,2-5H3,(H,14,16). The molecule has 1 N–H and O–H groups in total. The molecule has 0 bridgehead atoms. The topological polar surface area (TPSA) is 64.6 Å². The summed E-state index contributed by atoms with van der Waals surface area (Å²) < 4.78 is 9.98.